The van der Waals surface area contributed by atoms with Crippen LogP contribution in [-0.4, -0.2) is 36.0 Å². The SMILES string of the molecule is CC1(C)OC2COC(O)C[C@@H]2O1. The smallest absolute Gasteiger partial charge is 0.163 e. The molecule has 0 aromatic rings. The molecule has 0 radical (unpaired) electrons. The van der Waals surface area contributed by atoms with Crippen molar-refractivity contribution in [2.45, 2.75) is 44.6 Å². The molecule has 2 aliphatic rings. The average molecular weight is 174 g/mol. The van der Waals surface area contributed by atoms with Gasteiger partial charge in [0, 0.05) is 6.42 Å². The molecule has 2 rings (SSSR count). The zero-order chi connectivity index (χ0) is 8.77. The van der Waals surface area contributed by atoms with Gasteiger partial charge in [-0.25, -0.2) is 0 Å². The van der Waals surface area contributed by atoms with Gasteiger partial charge in [-0.05, 0) is 13.8 Å². The quantitative estimate of drug-likeness (QED) is 0.571. The minimum absolute atomic E-state index is 0.0104. The molecule has 2 fully saturated rings. The summed E-state index contributed by atoms with van der Waals surface area (Å²) in [6.07, 6.45) is -0.204. The van der Waals surface area contributed by atoms with Crippen molar-refractivity contribution in [3.8, 4) is 0 Å². The molecular weight excluding hydrogens is 160 g/mol. The highest BCUT2D eigenvalue weighted by Crippen LogP contribution is 2.33. The van der Waals surface area contributed by atoms with Gasteiger partial charge in [-0.15, -0.1) is 0 Å². The Morgan fingerprint density at radius 2 is 1.92 bits per heavy atom. The zero-order valence-corrected chi connectivity index (χ0v) is 7.32. The van der Waals surface area contributed by atoms with E-state index in [0.717, 1.165) is 0 Å². The van der Waals surface area contributed by atoms with Gasteiger partial charge in [-0.1, -0.05) is 0 Å². The molecule has 4 nitrogen and oxygen atoms in total. The van der Waals surface area contributed by atoms with Gasteiger partial charge in [0.1, 0.15) is 6.10 Å². The molecule has 0 aromatic carbocycles. The third-order valence-electron chi connectivity index (χ3n) is 2.17. The molecule has 12 heavy (non-hydrogen) atoms. The molecule has 0 bridgehead atoms. The molecule has 2 saturated heterocycles. The first kappa shape index (κ1) is 8.44. The summed E-state index contributed by atoms with van der Waals surface area (Å²) in [5.74, 6) is -0.525. The van der Waals surface area contributed by atoms with E-state index in [2.05, 4.69) is 0 Å². The molecule has 0 aromatic heterocycles. The maximum Gasteiger partial charge on any atom is 0.163 e. The molecule has 70 valence electrons. The predicted octanol–water partition coefficient (Wildman–Crippen LogP) is 0.245. The molecule has 0 spiro atoms. The Hall–Kier alpha value is -0.160. The van der Waals surface area contributed by atoms with Crippen LogP contribution in [0.2, 0.25) is 0 Å². The van der Waals surface area contributed by atoms with Gasteiger partial charge in [0.2, 0.25) is 0 Å². The first-order valence-corrected chi connectivity index (χ1v) is 4.22. The third-order valence-corrected chi connectivity index (χ3v) is 2.17. The van der Waals surface area contributed by atoms with Crippen molar-refractivity contribution in [3.05, 3.63) is 0 Å². The van der Waals surface area contributed by atoms with Crippen molar-refractivity contribution in [1.82, 2.24) is 0 Å². The fraction of sp³-hybridized carbons (Fsp3) is 1.00. The van der Waals surface area contributed by atoms with Gasteiger partial charge >= 0.3 is 0 Å². The maximum absolute atomic E-state index is 9.17. The van der Waals surface area contributed by atoms with E-state index in [9.17, 15) is 0 Å². The van der Waals surface area contributed by atoms with Gasteiger partial charge in [0.15, 0.2) is 12.1 Å². The fourth-order valence-corrected chi connectivity index (χ4v) is 1.72. The molecule has 2 heterocycles. The minimum Gasteiger partial charge on any atom is -0.368 e. The van der Waals surface area contributed by atoms with Crippen molar-refractivity contribution in [2.24, 2.45) is 0 Å². The van der Waals surface area contributed by atoms with Crippen molar-refractivity contribution in [2.75, 3.05) is 6.61 Å². The molecule has 2 aliphatic heterocycles. The average Bonchev–Trinajstić information content (AvgIpc) is 2.21. The normalized spacial score (nSPS) is 45.8. The van der Waals surface area contributed by atoms with E-state index in [1.165, 1.54) is 0 Å². The molecule has 1 N–H and O–H groups in total. The van der Waals surface area contributed by atoms with Crippen LogP contribution in [0.5, 0.6) is 0 Å². The van der Waals surface area contributed by atoms with E-state index in [4.69, 9.17) is 19.3 Å². The highest BCUT2D eigenvalue weighted by molar-refractivity contribution is 4.84. The lowest BCUT2D eigenvalue weighted by molar-refractivity contribution is -0.167. The van der Waals surface area contributed by atoms with Crippen molar-refractivity contribution in [3.63, 3.8) is 0 Å². The lowest BCUT2D eigenvalue weighted by Gasteiger charge is -2.26. The monoisotopic (exact) mass is 174 g/mol. The molecule has 4 heteroatoms. The summed E-state index contributed by atoms with van der Waals surface area (Å²) in [7, 11) is 0. The Labute approximate surface area is 71.4 Å². The molecule has 0 aliphatic carbocycles. The van der Waals surface area contributed by atoms with Gasteiger partial charge in [-0.2, -0.15) is 0 Å². The van der Waals surface area contributed by atoms with Crippen LogP contribution in [0.15, 0.2) is 0 Å². The molecule has 3 atom stereocenters. The van der Waals surface area contributed by atoms with Crippen molar-refractivity contribution < 1.29 is 19.3 Å². The van der Waals surface area contributed by atoms with Crippen LogP contribution in [-0.2, 0) is 14.2 Å². The van der Waals surface area contributed by atoms with Crippen LogP contribution in [0.1, 0.15) is 20.3 Å². The van der Waals surface area contributed by atoms with Gasteiger partial charge < -0.3 is 19.3 Å². The Morgan fingerprint density at radius 1 is 1.25 bits per heavy atom. The summed E-state index contributed by atoms with van der Waals surface area (Å²) in [4.78, 5) is 0. The Balaban J connectivity index is 2.02. The summed E-state index contributed by atoms with van der Waals surface area (Å²) < 4.78 is 16.1. The minimum atomic E-state index is -0.691. The third kappa shape index (κ3) is 1.47. The molecular formula is C8H14O4. The van der Waals surface area contributed by atoms with Crippen LogP contribution in [0.4, 0.5) is 0 Å². The standard InChI is InChI=1S/C8H14O4/c1-8(2)11-5-3-7(9)10-4-6(5)12-8/h5-7,9H,3-4H2,1-2H3/t5-,6?,7?/m0/s1. The number of ether oxygens (including phenoxy) is 3. The fourth-order valence-electron chi connectivity index (χ4n) is 1.72. The molecule has 0 saturated carbocycles. The number of aliphatic hydroxyl groups excluding tert-OH is 1. The van der Waals surface area contributed by atoms with Crippen LogP contribution < -0.4 is 0 Å². The second-order valence-electron chi connectivity index (χ2n) is 3.74. The summed E-state index contributed by atoms with van der Waals surface area (Å²) in [5.41, 5.74) is 0. The van der Waals surface area contributed by atoms with Crippen LogP contribution in [0.25, 0.3) is 0 Å². The Kier molecular flexibility index (Phi) is 1.88. The highest BCUT2D eigenvalue weighted by atomic mass is 16.8. The van der Waals surface area contributed by atoms with Gasteiger partial charge in [-0.3, -0.25) is 0 Å². The van der Waals surface area contributed by atoms with E-state index in [1.54, 1.807) is 0 Å². The molecule has 0 amide bonds. The second kappa shape index (κ2) is 2.67. The summed E-state index contributed by atoms with van der Waals surface area (Å²) in [5, 5.41) is 9.17. The van der Waals surface area contributed by atoms with E-state index in [1.807, 2.05) is 13.8 Å². The van der Waals surface area contributed by atoms with E-state index in [-0.39, 0.29) is 12.2 Å². The van der Waals surface area contributed by atoms with Crippen molar-refractivity contribution in [1.29, 1.82) is 0 Å². The predicted molar refractivity (Wildman–Crippen MR) is 40.4 cm³/mol. The zero-order valence-electron chi connectivity index (χ0n) is 7.32. The summed E-state index contributed by atoms with van der Waals surface area (Å²) in [6, 6.07) is 0. The largest absolute Gasteiger partial charge is 0.368 e. The molecule has 2 unspecified atom stereocenters. The Morgan fingerprint density at radius 3 is 2.67 bits per heavy atom. The number of hydrogen-bond donors (Lipinski definition) is 1. The number of aliphatic hydroxyl groups is 1. The lowest BCUT2D eigenvalue weighted by atomic mass is 10.1. The van der Waals surface area contributed by atoms with E-state index < -0.39 is 12.1 Å². The summed E-state index contributed by atoms with van der Waals surface area (Å²) >= 11 is 0. The van der Waals surface area contributed by atoms with Crippen LogP contribution in [0.3, 0.4) is 0 Å². The Bertz CT molecular complexity index is 180. The lowest BCUT2D eigenvalue weighted by Crippen LogP contribution is -2.39. The maximum atomic E-state index is 9.17. The van der Waals surface area contributed by atoms with E-state index >= 15 is 0 Å². The summed E-state index contributed by atoms with van der Waals surface area (Å²) in [6.45, 7) is 4.17. The number of rotatable bonds is 0. The van der Waals surface area contributed by atoms with Gasteiger partial charge in [0.05, 0.1) is 12.7 Å². The highest BCUT2D eigenvalue weighted by Gasteiger charge is 2.44. The topological polar surface area (TPSA) is 47.9 Å². The first-order valence-electron chi connectivity index (χ1n) is 4.22. The van der Waals surface area contributed by atoms with Crippen LogP contribution >= 0.6 is 0 Å². The van der Waals surface area contributed by atoms with Crippen LogP contribution in [0, 0.1) is 0 Å². The van der Waals surface area contributed by atoms with E-state index in [0.29, 0.717) is 13.0 Å². The number of fused-ring (bicyclic) bond motifs is 1. The second-order valence-corrected chi connectivity index (χ2v) is 3.74. The van der Waals surface area contributed by atoms with Crippen molar-refractivity contribution >= 4 is 0 Å². The van der Waals surface area contributed by atoms with Gasteiger partial charge in [0.25, 0.3) is 0 Å². The first-order chi connectivity index (χ1) is 5.57. The number of hydrogen-bond acceptors (Lipinski definition) is 4.